The van der Waals surface area contributed by atoms with Gasteiger partial charge >= 0.3 is 6.03 Å². The summed E-state index contributed by atoms with van der Waals surface area (Å²) in [6.07, 6.45) is 4.85. The lowest BCUT2D eigenvalue weighted by molar-refractivity contribution is 0.197. The first-order valence-electron chi connectivity index (χ1n) is 5.92. The predicted molar refractivity (Wildman–Crippen MR) is 63.9 cm³/mol. The van der Waals surface area contributed by atoms with Crippen molar-refractivity contribution in [1.82, 2.24) is 9.80 Å². The van der Waals surface area contributed by atoms with Crippen molar-refractivity contribution in [3.63, 3.8) is 0 Å². The maximum absolute atomic E-state index is 11.8. The fraction of sp³-hybridized carbons (Fsp3) is 0.909. The van der Waals surface area contributed by atoms with Crippen molar-refractivity contribution in [2.75, 3.05) is 14.1 Å². The molecule has 0 aromatic rings. The predicted octanol–water partition coefficient (Wildman–Crippen LogP) is 1.11. The molecule has 0 radical (unpaired) electrons. The van der Waals surface area contributed by atoms with E-state index in [9.17, 15) is 4.79 Å². The maximum atomic E-state index is 11.8. The molecule has 1 saturated carbocycles. The van der Waals surface area contributed by atoms with Crippen molar-refractivity contribution in [3.8, 4) is 0 Å². The van der Waals surface area contributed by atoms with Gasteiger partial charge in [0.05, 0.1) is 12.1 Å². The Hall–Kier alpha value is -0.665. The fourth-order valence-electron chi connectivity index (χ4n) is 3.17. The molecule has 2 aliphatic rings. The number of rotatable bonds is 0. The maximum Gasteiger partial charge on any atom is 0.320 e. The van der Waals surface area contributed by atoms with Gasteiger partial charge in [-0.05, 0) is 12.8 Å². The van der Waals surface area contributed by atoms with Crippen LogP contribution in [0.1, 0.15) is 32.6 Å². The molecule has 1 heterocycles. The Kier molecular flexibility index (Phi) is 2.48. The summed E-state index contributed by atoms with van der Waals surface area (Å²) in [4.78, 5) is 15.7. The van der Waals surface area contributed by atoms with E-state index < -0.39 is 0 Å². The van der Waals surface area contributed by atoms with Gasteiger partial charge in [-0.25, -0.2) is 4.79 Å². The van der Waals surface area contributed by atoms with Gasteiger partial charge in [-0.2, -0.15) is 0 Å². The third kappa shape index (κ3) is 1.74. The van der Waals surface area contributed by atoms with Gasteiger partial charge in [-0.1, -0.05) is 25.1 Å². The van der Waals surface area contributed by atoms with Crippen LogP contribution in [-0.4, -0.2) is 49.9 Å². The van der Waals surface area contributed by atoms with Crippen molar-refractivity contribution in [3.05, 3.63) is 0 Å². The molecule has 0 N–H and O–H groups in total. The summed E-state index contributed by atoms with van der Waals surface area (Å²) in [6.45, 7) is 2.33. The van der Waals surface area contributed by atoms with E-state index >= 15 is 0 Å². The molecule has 3 atom stereocenters. The number of carbonyl (C=O) groups excluding carboxylic acids is 1. The number of nitrogens with zero attached hydrogens (tertiary/aromatic N) is 2. The molecule has 2 fully saturated rings. The monoisotopic (exact) mass is 208 g/mol. The van der Waals surface area contributed by atoms with Crippen molar-refractivity contribution >= 4 is 13.9 Å². The quantitative estimate of drug-likeness (QED) is 0.547. The van der Waals surface area contributed by atoms with Crippen LogP contribution in [0.5, 0.6) is 0 Å². The third-order valence-electron chi connectivity index (χ3n) is 4.16. The Morgan fingerprint density at radius 3 is 2.60 bits per heavy atom. The topological polar surface area (TPSA) is 23.6 Å². The fourth-order valence-corrected chi connectivity index (χ4v) is 3.17. The first-order chi connectivity index (χ1) is 6.92. The number of hydrogen-bond donors (Lipinski definition) is 0. The average Bonchev–Trinajstić information content (AvgIpc) is 2.35. The number of carbonyl (C=O) groups is 1. The molecular weight excluding hydrogens is 187 g/mol. The van der Waals surface area contributed by atoms with E-state index in [1.807, 2.05) is 23.9 Å². The molecule has 3 unspecified atom stereocenters. The van der Waals surface area contributed by atoms with Crippen LogP contribution in [-0.2, 0) is 0 Å². The highest BCUT2D eigenvalue weighted by atomic mass is 16.2. The molecule has 84 valence electrons. The summed E-state index contributed by atoms with van der Waals surface area (Å²) in [5.74, 6) is 0. The van der Waals surface area contributed by atoms with Gasteiger partial charge < -0.3 is 9.80 Å². The van der Waals surface area contributed by atoms with Crippen LogP contribution >= 0.6 is 0 Å². The van der Waals surface area contributed by atoms with E-state index in [0.29, 0.717) is 17.4 Å². The largest absolute Gasteiger partial charge is 0.323 e. The standard InChI is InChI=1S/C11H21BN2O/c1-11(12)6-4-5-8-9(7-11)14(3)10(15)13(8)2/h8-9H,4-7,12H2,1-3H3. The normalized spacial score (nSPS) is 41.7. The van der Waals surface area contributed by atoms with Crippen molar-refractivity contribution in [2.45, 2.75) is 50.0 Å². The lowest BCUT2D eigenvalue weighted by Crippen LogP contribution is -2.35. The molecule has 0 spiro atoms. The Morgan fingerprint density at radius 1 is 1.33 bits per heavy atom. The lowest BCUT2D eigenvalue weighted by atomic mass is 9.65. The van der Waals surface area contributed by atoms with E-state index in [0.717, 1.165) is 6.42 Å². The van der Waals surface area contributed by atoms with Crippen LogP contribution in [0.4, 0.5) is 4.79 Å². The molecule has 4 heteroatoms. The molecule has 1 aliphatic heterocycles. The van der Waals surface area contributed by atoms with Crippen LogP contribution in [0, 0.1) is 0 Å². The van der Waals surface area contributed by atoms with E-state index in [1.54, 1.807) is 0 Å². The van der Waals surface area contributed by atoms with Crippen LogP contribution in [0.2, 0.25) is 5.31 Å². The molecule has 2 amide bonds. The minimum absolute atomic E-state index is 0.197. The van der Waals surface area contributed by atoms with E-state index in [4.69, 9.17) is 0 Å². The number of amides is 2. The van der Waals surface area contributed by atoms with E-state index in [-0.39, 0.29) is 6.03 Å². The number of hydrogen-bond acceptors (Lipinski definition) is 1. The number of likely N-dealkylation sites (N-methyl/N-ethyl adjacent to an activating group) is 2. The van der Waals surface area contributed by atoms with Crippen molar-refractivity contribution in [1.29, 1.82) is 0 Å². The molecule has 15 heavy (non-hydrogen) atoms. The molecule has 1 aliphatic carbocycles. The average molecular weight is 208 g/mol. The second-order valence-corrected chi connectivity index (χ2v) is 5.90. The summed E-state index contributed by atoms with van der Waals surface area (Å²) < 4.78 is 0. The summed E-state index contributed by atoms with van der Waals surface area (Å²) in [7, 11) is 6.22. The molecule has 3 nitrogen and oxygen atoms in total. The second-order valence-electron chi connectivity index (χ2n) is 5.90. The van der Waals surface area contributed by atoms with Crippen molar-refractivity contribution < 1.29 is 4.79 Å². The molecule has 1 saturated heterocycles. The van der Waals surface area contributed by atoms with Crippen LogP contribution in [0.15, 0.2) is 0 Å². The van der Waals surface area contributed by atoms with Crippen LogP contribution < -0.4 is 0 Å². The Morgan fingerprint density at radius 2 is 1.93 bits per heavy atom. The number of urea groups is 1. The van der Waals surface area contributed by atoms with Gasteiger partial charge in [0.2, 0.25) is 0 Å². The van der Waals surface area contributed by atoms with Gasteiger partial charge in [-0.15, -0.1) is 0 Å². The molecule has 0 bridgehead atoms. The smallest absolute Gasteiger partial charge is 0.320 e. The van der Waals surface area contributed by atoms with Gasteiger partial charge in [-0.3, -0.25) is 0 Å². The van der Waals surface area contributed by atoms with Gasteiger partial charge in [0, 0.05) is 14.1 Å². The van der Waals surface area contributed by atoms with E-state index in [2.05, 4.69) is 14.8 Å². The zero-order chi connectivity index (χ0) is 11.2. The highest BCUT2D eigenvalue weighted by molar-refractivity contribution is 6.14. The Labute approximate surface area is 93.2 Å². The lowest BCUT2D eigenvalue weighted by Gasteiger charge is -2.29. The first kappa shape index (κ1) is 10.8. The van der Waals surface area contributed by atoms with Crippen molar-refractivity contribution in [2.24, 2.45) is 0 Å². The zero-order valence-corrected chi connectivity index (χ0v) is 10.3. The Balaban J connectivity index is 2.23. The van der Waals surface area contributed by atoms with E-state index in [1.165, 1.54) is 19.3 Å². The SMILES string of the molecule is BC1(C)CCCC2C(C1)N(C)C(=O)N2C. The third-order valence-corrected chi connectivity index (χ3v) is 4.16. The zero-order valence-electron chi connectivity index (χ0n) is 10.3. The van der Waals surface area contributed by atoms with Gasteiger partial charge in [0.25, 0.3) is 0 Å². The minimum Gasteiger partial charge on any atom is -0.323 e. The highest BCUT2D eigenvalue weighted by Crippen LogP contribution is 2.42. The second kappa shape index (κ2) is 3.43. The highest BCUT2D eigenvalue weighted by Gasteiger charge is 2.45. The summed E-state index contributed by atoms with van der Waals surface area (Å²) >= 11 is 0. The van der Waals surface area contributed by atoms with Crippen LogP contribution in [0.3, 0.4) is 0 Å². The molecule has 0 aromatic carbocycles. The minimum atomic E-state index is 0.197. The molecular formula is C11H21BN2O. The Bertz CT molecular complexity index is 280. The van der Waals surface area contributed by atoms with Gasteiger partial charge in [0.1, 0.15) is 7.85 Å². The summed E-state index contributed by atoms with van der Waals surface area (Å²) in [6, 6.07) is 1.08. The molecule has 2 rings (SSSR count). The summed E-state index contributed by atoms with van der Waals surface area (Å²) in [5, 5.41) is 0.388. The van der Waals surface area contributed by atoms with Crippen LogP contribution in [0.25, 0.3) is 0 Å². The number of fused-ring (bicyclic) bond motifs is 1. The van der Waals surface area contributed by atoms with Gasteiger partial charge in [0.15, 0.2) is 0 Å². The molecule has 0 aromatic heterocycles. The summed E-state index contributed by atoms with van der Waals surface area (Å²) in [5.41, 5.74) is 0. The first-order valence-corrected chi connectivity index (χ1v) is 5.92.